The van der Waals surface area contributed by atoms with Crippen LogP contribution in [0.5, 0.6) is 0 Å². The number of sulfonamides is 1. The monoisotopic (exact) mass is 455 g/mol. The van der Waals surface area contributed by atoms with Crippen molar-refractivity contribution in [2.75, 3.05) is 49.1 Å². The van der Waals surface area contributed by atoms with Crippen LogP contribution in [0.3, 0.4) is 0 Å². The number of alkyl halides is 3. The van der Waals surface area contributed by atoms with Crippen molar-refractivity contribution < 1.29 is 21.6 Å². The smallest absolute Gasteiger partial charge is 0.354 e. The first-order chi connectivity index (χ1) is 14.7. The van der Waals surface area contributed by atoms with Gasteiger partial charge in [-0.05, 0) is 49.6 Å². The highest BCUT2D eigenvalue weighted by molar-refractivity contribution is 7.89. The molecule has 2 aliphatic heterocycles. The summed E-state index contributed by atoms with van der Waals surface area (Å²) in [5.41, 5.74) is -0.871. The fraction of sp³-hybridized carbons (Fsp3) is 0.500. The molecular weight excluding hydrogens is 431 g/mol. The van der Waals surface area contributed by atoms with Gasteiger partial charge in [0.25, 0.3) is 0 Å². The quantitative estimate of drug-likeness (QED) is 0.706. The third kappa shape index (κ3) is 4.77. The van der Waals surface area contributed by atoms with Gasteiger partial charge in [-0.1, -0.05) is 0 Å². The molecule has 0 bridgehead atoms. The van der Waals surface area contributed by atoms with Gasteiger partial charge < -0.3 is 9.80 Å². The van der Waals surface area contributed by atoms with Gasteiger partial charge in [-0.25, -0.2) is 13.4 Å². The Hall–Kier alpha value is -2.40. The Labute approximate surface area is 179 Å². The van der Waals surface area contributed by atoms with E-state index in [9.17, 15) is 21.6 Å². The van der Waals surface area contributed by atoms with Gasteiger partial charge in [0.2, 0.25) is 16.0 Å². The van der Waals surface area contributed by atoms with Gasteiger partial charge in [-0.3, -0.25) is 0 Å². The molecule has 0 spiro atoms. The molecule has 2 aliphatic rings. The number of piperazine rings is 1. The fourth-order valence-corrected chi connectivity index (χ4v) is 5.31. The van der Waals surface area contributed by atoms with Gasteiger partial charge in [0.1, 0.15) is 5.82 Å². The van der Waals surface area contributed by atoms with Crippen molar-refractivity contribution in [3.8, 4) is 0 Å². The summed E-state index contributed by atoms with van der Waals surface area (Å²) in [6.45, 7) is 3.21. The lowest BCUT2D eigenvalue weighted by molar-refractivity contribution is -0.137. The minimum absolute atomic E-state index is 0.136. The molecule has 3 heterocycles. The highest BCUT2D eigenvalue weighted by atomic mass is 32.2. The zero-order chi connectivity index (χ0) is 22.1. The number of hydrogen-bond acceptors (Lipinski definition) is 6. The molecule has 168 valence electrons. The molecule has 4 rings (SSSR count). The molecule has 7 nitrogen and oxygen atoms in total. The molecule has 11 heteroatoms. The summed E-state index contributed by atoms with van der Waals surface area (Å²) in [4.78, 5) is 13.1. The lowest BCUT2D eigenvalue weighted by Gasteiger charge is -2.35. The number of benzene rings is 1. The second-order valence-electron chi connectivity index (χ2n) is 7.68. The van der Waals surface area contributed by atoms with E-state index in [1.165, 1.54) is 10.7 Å². The van der Waals surface area contributed by atoms with Crippen molar-refractivity contribution in [1.82, 2.24) is 14.3 Å². The van der Waals surface area contributed by atoms with Crippen molar-refractivity contribution in [2.45, 2.75) is 30.3 Å². The summed E-state index contributed by atoms with van der Waals surface area (Å²) in [6.07, 6.45) is 0.670. The maximum absolute atomic E-state index is 12.8. The van der Waals surface area contributed by atoms with Gasteiger partial charge in [-0.15, -0.1) is 0 Å². The number of piperidine rings is 1. The van der Waals surface area contributed by atoms with Crippen LogP contribution in [-0.4, -0.2) is 62.0 Å². The molecular formula is C20H24F3N5O2S. The summed E-state index contributed by atoms with van der Waals surface area (Å²) >= 11 is 0. The van der Waals surface area contributed by atoms with Crippen molar-refractivity contribution in [3.63, 3.8) is 0 Å². The van der Waals surface area contributed by atoms with Crippen molar-refractivity contribution in [1.29, 1.82) is 0 Å². The average molecular weight is 456 g/mol. The number of anilines is 2. The highest BCUT2D eigenvalue weighted by Crippen LogP contribution is 2.30. The lowest BCUT2D eigenvalue weighted by atomic mass is 10.1. The van der Waals surface area contributed by atoms with E-state index in [0.717, 1.165) is 56.0 Å². The van der Waals surface area contributed by atoms with Crippen molar-refractivity contribution >= 4 is 21.8 Å². The molecule has 0 amide bonds. The molecule has 1 aromatic heterocycles. The largest absolute Gasteiger partial charge is 0.416 e. The molecule has 2 fully saturated rings. The second kappa shape index (κ2) is 8.62. The molecule has 0 radical (unpaired) electrons. The third-order valence-electron chi connectivity index (χ3n) is 5.65. The number of aromatic nitrogens is 2. The van der Waals surface area contributed by atoms with Gasteiger partial charge in [0.05, 0.1) is 10.5 Å². The summed E-state index contributed by atoms with van der Waals surface area (Å²) in [6, 6.07) is 5.44. The van der Waals surface area contributed by atoms with Crippen molar-refractivity contribution in [3.05, 3.63) is 42.1 Å². The molecule has 2 aromatic rings. The molecule has 0 unspecified atom stereocenters. The Morgan fingerprint density at radius 1 is 0.806 bits per heavy atom. The fourth-order valence-electron chi connectivity index (χ4n) is 3.88. The third-order valence-corrected chi connectivity index (χ3v) is 7.56. The van der Waals surface area contributed by atoms with Crippen LogP contribution < -0.4 is 9.80 Å². The first-order valence-electron chi connectivity index (χ1n) is 10.3. The van der Waals surface area contributed by atoms with E-state index in [2.05, 4.69) is 14.9 Å². The topological polar surface area (TPSA) is 69.6 Å². The Kier molecular flexibility index (Phi) is 6.07. The van der Waals surface area contributed by atoms with E-state index in [-0.39, 0.29) is 18.0 Å². The van der Waals surface area contributed by atoms with Crippen LogP contribution in [0.25, 0.3) is 0 Å². The van der Waals surface area contributed by atoms with Gasteiger partial charge in [0.15, 0.2) is 0 Å². The van der Waals surface area contributed by atoms with Crippen LogP contribution in [-0.2, 0) is 16.2 Å². The SMILES string of the molecule is O=S(=O)(c1ccc(C(F)(F)F)cc1)N1CCN(c2ccnc(N3CCCCC3)n2)CC1. The van der Waals surface area contributed by atoms with Crippen LogP contribution in [0.15, 0.2) is 41.4 Å². The number of hydrogen-bond donors (Lipinski definition) is 0. The molecule has 0 atom stereocenters. The Morgan fingerprint density at radius 2 is 1.45 bits per heavy atom. The predicted molar refractivity (Wildman–Crippen MR) is 111 cm³/mol. The van der Waals surface area contributed by atoms with E-state index in [1.807, 2.05) is 11.0 Å². The average Bonchev–Trinajstić information content (AvgIpc) is 2.79. The van der Waals surface area contributed by atoms with Crippen LogP contribution in [0.2, 0.25) is 0 Å². The van der Waals surface area contributed by atoms with Gasteiger partial charge in [-0.2, -0.15) is 22.5 Å². The molecule has 1 aromatic carbocycles. The summed E-state index contributed by atoms with van der Waals surface area (Å²) < 4.78 is 65.2. The number of rotatable bonds is 4. The summed E-state index contributed by atoms with van der Waals surface area (Å²) in [5, 5.41) is 0. The Morgan fingerprint density at radius 3 is 2.06 bits per heavy atom. The predicted octanol–water partition coefficient (Wildman–Crippen LogP) is 3.00. The van der Waals surface area contributed by atoms with Crippen LogP contribution in [0.1, 0.15) is 24.8 Å². The molecule has 31 heavy (non-hydrogen) atoms. The Balaban J connectivity index is 1.42. The maximum atomic E-state index is 12.8. The molecule has 0 N–H and O–H groups in total. The van der Waals surface area contributed by atoms with Crippen molar-refractivity contribution in [2.24, 2.45) is 0 Å². The minimum Gasteiger partial charge on any atom is -0.354 e. The standard InChI is InChI=1S/C20H24F3N5O2S/c21-20(22,23)16-4-6-17(7-5-16)31(29,30)28-14-12-26(13-15-28)18-8-9-24-19(25-18)27-10-2-1-3-11-27/h4-9H,1-3,10-15H2. The molecule has 0 saturated carbocycles. The second-order valence-corrected chi connectivity index (χ2v) is 9.61. The van der Waals surface area contributed by atoms with E-state index < -0.39 is 21.8 Å². The van der Waals surface area contributed by atoms with Gasteiger partial charge in [0, 0.05) is 45.5 Å². The van der Waals surface area contributed by atoms with E-state index in [1.54, 1.807) is 6.20 Å². The number of nitrogens with zero attached hydrogens (tertiary/aromatic N) is 5. The molecule has 0 aliphatic carbocycles. The zero-order valence-electron chi connectivity index (χ0n) is 16.9. The van der Waals surface area contributed by atoms with Crippen LogP contribution >= 0.6 is 0 Å². The minimum atomic E-state index is -4.50. The first-order valence-corrected chi connectivity index (χ1v) is 11.7. The first kappa shape index (κ1) is 21.8. The highest BCUT2D eigenvalue weighted by Gasteiger charge is 2.33. The lowest BCUT2D eigenvalue weighted by Crippen LogP contribution is -2.49. The van der Waals surface area contributed by atoms with Crippen LogP contribution in [0.4, 0.5) is 24.9 Å². The summed E-state index contributed by atoms with van der Waals surface area (Å²) in [5.74, 6) is 1.44. The zero-order valence-corrected chi connectivity index (χ0v) is 17.7. The van der Waals surface area contributed by atoms with E-state index in [4.69, 9.17) is 0 Å². The number of halogens is 3. The van der Waals surface area contributed by atoms with Crippen LogP contribution in [0, 0.1) is 0 Å². The molecule has 2 saturated heterocycles. The summed E-state index contributed by atoms with van der Waals surface area (Å²) in [7, 11) is -3.86. The van der Waals surface area contributed by atoms with E-state index in [0.29, 0.717) is 19.0 Å². The van der Waals surface area contributed by atoms with E-state index >= 15 is 0 Å². The Bertz CT molecular complexity index is 1000. The normalized spacial score (nSPS) is 18.9. The maximum Gasteiger partial charge on any atom is 0.416 e. The van der Waals surface area contributed by atoms with Gasteiger partial charge >= 0.3 is 6.18 Å².